The van der Waals surface area contributed by atoms with Crippen LogP contribution < -0.4 is 5.32 Å². The fraction of sp³-hybridized carbons (Fsp3) is 0.474. The van der Waals surface area contributed by atoms with E-state index in [0.29, 0.717) is 19.0 Å². The molecule has 1 amide bonds. The molecule has 0 saturated heterocycles. The van der Waals surface area contributed by atoms with Crippen molar-refractivity contribution in [1.29, 1.82) is 0 Å². The highest BCUT2D eigenvalue weighted by atomic mass is 16.1. The van der Waals surface area contributed by atoms with Gasteiger partial charge in [-0.3, -0.25) is 19.6 Å². The van der Waals surface area contributed by atoms with Crippen LogP contribution in [0.25, 0.3) is 5.57 Å². The van der Waals surface area contributed by atoms with Crippen LogP contribution in [0, 0.1) is 13.8 Å². The molecule has 0 radical (unpaired) electrons. The molecule has 2 aromatic heterocycles. The summed E-state index contributed by atoms with van der Waals surface area (Å²) in [6.45, 7) is 4.69. The Labute approximate surface area is 152 Å². The number of aliphatic imine (C=N–C) groups is 1. The normalized spacial score (nSPS) is 17.0. The minimum atomic E-state index is 0.0532. The van der Waals surface area contributed by atoms with Gasteiger partial charge in [0, 0.05) is 23.5 Å². The van der Waals surface area contributed by atoms with E-state index in [4.69, 9.17) is 0 Å². The van der Waals surface area contributed by atoms with E-state index in [9.17, 15) is 4.79 Å². The number of allylic oxidation sites excluding steroid dienone is 1. The van der Waals surface area contributed by atoms with Crippen LogP contribution in [0.3, 0.4) is 0 Å². The fourth-order valence-corrected chi connectivity index (χ4v) is 3.29. The summed E-state index contributed by atoms with van der Waals surface area (Å²) in [6.07, 6.45) is 6.14. The SMILES string of the molecule is Cc1cc(C)n(Cc2cc(C3=C(CC(=O)NC4CC4)N=CCC3)n[nH]2)n1. The third kappa shape index (κ3) is 3.76. The van der Waals surface area contributed by atoms with Crippen molar-refractivity contribution in [3.05, 3.63) is 40.6 Å². The zero-order valence-electron chi connectivity index (χ0n) is 15.2. The van der Waals surface area contributed by atoms with Crippen molar-refractivity contribution in [2.45, 2.75) is 58.5 Å². The molecule has 0 bridgehead atoms. The van der Waals surface area contributed by atoms with Gasteiger partial charge in [-0.2, -0.15) is 10.2 Å². The molecule has 0 aromatic carbocycles. The number of aryl methyl sites for hydroxylation is 2. The van der Waals surface area contributed by atoms with Crippen LogP contribution in [0.5, 0.6) is 0 Å². The second-order valence-corrected chi connectivity index (χ2v) is 7.16. The van der Waals surface area contributed by atoms with Gasteiger partial charge in [0.2, 0.25) is 5.91 Å². The topological polar surface area (TPSA) is 88.0 Å². The van der Waals surface area contributed by atoms with Crippen LogP contribution in [0.4, 0.5) is 0 Å². The number of nitrogens with one attached hydrogen (secondary N) is 2. The highest BCUT2D eigenvalue weighted by molar-refractivity contribution is 5.85. The Hall–Kier alpha value is -2.70. The molecule has 0 atom stereocenters. The zero-order valence-corrected chi connectivity index (χ0v) is 15.2. The number of aromatic nitrogens is 4. The summed E-state index contributed by atoms with van der Waals surface area (Å²) in [6, 6.07) is 4.48. The number of aromatic amines is 1. The molecule has 0 spiro atoms. The monoisotopic (exact) mass is 352 g/mol. The van der Waals surface area contributed by atoms with Crippen LogP contribution in [0.2, 0.25) is 0 Å². The van der Waals surface area contributed by atoms with Gasteiger partial charge in [-0.1, -0.05) is 0 Å². The van der Waals surface area contributed by atoms with Crippen LogP contribution in [-0.4, -0.2) is 38.1 Å². The maximum Gasteiger partial charge on any atom is 0.226 e. The van der Waals surface area contributed by atoms with Crippen molar-refractivity contribution in [2.75, 3.05) is 0 Å². The van der Waals surface area contributed by atoms with E-state index in [1.165, 1.54) is 0 Å². The highest BCUT2D eigenvalue weighted by Gasteiger charge is 2.24. The summed E-state index contributed by atoms with van der Waals surface area (Å²) in [7, 11) is 0. The van der Waals surface area contributed by atoms with Crippen LogP contribution in [0.1, 0.15) is 54.9 Å². The summed E-state index contributed by atoms with van der Waals surface area (Å²) in [4.78, 5) is 16.7. The minimum absolute atomic E-state index is 0.0532. The van der Waals surface area contributed by atoms with Crippen LogP contribution in [-0.2, 0) is 11.3 Å². The first-order valence-corrected chi connectivity index (χ1v) is 9.18. The van der Waals surface area contributed by atoms with Gasteiger partial charge in [-0.15, -0.1) is 0 Å². The van der Waals surface area contributed by atoms with E-state index < -0.39 is 0 Å². The number of rotatable bonds is 6. The molecule has 0 unspecified atom stereocenters. The van der Waals surface area contributed by atoms with Crippen LogP contribution in [0.15, 0.2) is 22.8 Å². The predicted molar refractivity (Wildman–Crippen MR) is 99.8 cm³/mol. The molecule has 2 aliphatic rings. The standard InChI is InChI=1S/C19H24N6O/c1-12-8-13(2)25(24-12)11-15-9-18(23-22-15)16-4-3-7-20-17(16)10-19(26)21-14-5-6-14/h7-9,14H,3-6,10-11H2,1-2H3,(H,21,26)(H,22,23). The quantitative estimate of drug-likeness (QED) is 0.837. The molecule has 1 aliphatic carbocycles. The van der Waals surface area contributed by atoms with Crippen molar-refractivity contribution in [2.24, 2.45) is 4.99 Å². The Bertz CT molecular complexity index is 884. The summed E-state index contributed by atoms with van der Waals surface area (Å²) >= 11 is 0. The molecule has 1 fully saturated rings. The summed E-state index contributed by atoms with van der Waals surface area (Å²) in [5, 5.41) is 15.1. The lowest BCUT2D eigenvalue weighted by Gasteiger charge is -2.13. The number of H-pyrrole nitrogens is 1. The molecule has 26 heavy (non-hydrogen) atoms. The molecular formula is C19H24N6O. The lowest BCUT2D eigenvalue weighted by atomic mass is 10.00. The third-order valence-electron chi connectivity index (χ3n) is 4.75. The maximum atomic E-state index is 12.2. The van der Waals surface area contributed by atoms with Gasteiger partial charge in [-0.05, 0) is 51.7 Å². The van der Waals surface area contributed by atoms with Crippen molar-refractivity contribution in [1.82, 2.24) is 25.3 Å². The minimum Gasteiger partial charge on any atom is -0.353 e. The molecule has 7 nitrogen and oxygen atoms in total. The van der Waals surface area contributed by atoms with Gasteiger partial charge < -0.3 is 5.32 Å². The Balaban J connectivity index is 1.52. The van der Waals surface area contributed by atoms with E-state index in [1.807, 2.05) is 30.8 Å². The van der Waals surface area contributed by atoms with Gasteiger partial charge in [-0.25, -0.2) is 0 Å². The second-order valence-electron chi connectivity index (χ2n) is 7.16. The largest absolute Gasteiger partial charge is 0.353 e. The average Bonchev–Trinajstić information content (AvgIpc) is 3.19. The van der Waals surface area contributed by atoms with E-state index >= 15 is 0 Å². The number of carbonyl (C=O) groups excluding carboxylic acids is 1. The molecule has 136 valence electrons. The lowest BCUT2D eigenvalue weighted by Crippen LogP contribution is -2.25. The molecule has 7 heteroatoms. The molecule has 2 N–H and O–H groups in total. The number of hydrogen-bond acceptors (Lipinski definition) is 4. The van der Waals surface area contributed by atoms with E-state index in [1.54, 1.807) is 0 Å². The molecule has 2 aromatic rings. The smallest absolute Gasteiger partial charge is 0.226 e. The number of carbonyl (C=O) groups is 1. The average molecular weight is 352 g/mol. The number of amides is 1. The summed E-state index contributed by atoms with van der Waals surface area (Å²) < 4.78 is 1.96. The zero-order chi connectivity index (χ0) is 18.1. The molecular weight excluding hydrogens is 328 g/mol. The van der Waals surface area contributed by atoms with Gasteiger partial charge >= 0.3 is 0 Å². The third-order valence-corrected chi connectivity index (χ3v) is 4.75. The van der Waals surface area contributed by atoms with Crippen molar-refractivity contribution < 1.29 is 4.79 Å². The molecule has 3 heterocycles. The Morgan fingerprint density at radius 2 is 2.19 bits per heavy atom. The summed E-state index contributed by atoms with van der Waals surface area (Å²) in [5.41, 5.74) is 5.91. The predicted octanol–water partition coefficient (Wildman–Crippen LogP) is 2.52. The Morgan fingerprint density at radius 1 is 1.35 bits per heavy atom. The van der Waals surface area contributed by atoms with E-state index in [-0.39, 0.29) is 5.91 Å². The van der Waals surface area contributed by atoms with E-state index in [2.05, 4.69) is 31.7 Å². The number of nitrogens with zero attached hydrogens (tertiary/aromatic N) is 4. The van der Waals surface area contributed by atoms with Crippen LogP contribution >= 0.6 is 0 Å². The van der Waals surface area contributed by atoms with Gasteiger partial charge in [0.25, 0.3) is 0 Å². The van der Waals surface area contributed by atoms with Gasteiger partial charge in [0.1, 0.15) is 0 Å². The maximum absolute atomic E-state index is 12.2. The molecule has 1 aliphatic heterocycles. The number of hydrogen-bond donors (Lipinski definition) is 2. The first-order valence-electron chi connectivity index (χ1n) is 9.18. The van der Waals surface area contributed by atoms with Crippen molar-refractivity contribution >= 4 is 17.7 Å². The Kier molecular flexibility index (Phi) is 4.44. The first-order chi connectivity index (χ1) is 12.6. The van der Waals surface area contributed by atoms with E-state index in [0.717, 1.165) is 59.7 Å². The van der Waals surface area contributed by atoms with Crippen molar-refractivity contribution in [3.8, 4) is 0 Å². The second kappa shape index (κ2) is 6.90. The van der Waals surface area contributed by atoms with Gasteiger partial charge in [0.15, 0.2) is 0 Å². The Morgan fingerprint density at radius 3 is 2.92 bits per heavy atom. The highest BCUT2D eigenvalue weighted by Crippen LogP contribution is 2.29. The fourth-order valence-electron chi connectivity index (χ4n) is 3.29. The summed E-state index contributed by atoms with van der Waals surface area (Å²) in [5.74, 6) is 0.0532. The van der Waals surface area contributed by atoms with Gasteiger partial charge in [0.05, 0.1) is 35.7 Å². The molecule has 1 saturated carbocycles. The van der Waals surface area contributed by atoms with Crippen molar-refractivity contribution in [3.63, 3.8) is 0 Å². The lowest BCUT2D eigenvalue weighted by molar-refractivity contribution is -0.120. The molecule has 4 rings (SSSR count). The first kappa shape index (κ1) is 16.8.